The van der Waals surface area contributed by atoms with Crippen LogP contribution in [0.3, 0.4) is 0 Å². The first kappa shape index (κ1) is 14.8. The maximum atomic E-state index is 13.8. The molecule has 1 unspecified atom stereocenters. The number of carbonyl (C=O) groups is 1. The third-order valence-corrected chi connectivity index (χ3v) is 3.76. The highest BCUT2D eigenvalue weighted by Crippen LogP contribution is 2.48. The highest BCUT2D eigenvalue weighted by Gasteiger charge is 2.46. The number of likely N-dealkylation sites (N-methyl/N-ethyl adjacent to an activating group) is 1. The van der Waals surface area contributed by atoms with Crippen LogP contribution < -0.4 is 5.32 Å². The number of halogens is 1. The van der Waals surface area contributed by atoms with Crippen LogP contribution in [-0.2, 0) is 5.41 Å². The van der Waals surface area contributed by atoms with Gasteiger partial charge in [0, 0.05) is 25.6 Å². The van der Waals surface area contributed by atoms with E-state index in [1.807, 2.05) is 6.07 Å². The average Bonchev–Trinajstić information content (AvgIpc) is 3.16. The molecule has 1 aromatic carbocycles. The lowest BCUT2D eigenvalue weighted by molar-refractivity contribution is 0.143. The van der Waals surface area contributed by atoms with Gasteiger partial charge in [-0.15, -0.1) is 0 Å². The summed E-state index contributed by atoms with van der Waals surface area (Å²) in [5.41, 5.74) is 0.422. The van der Waals surface area contributed by atoms with Gasteiger partial charge in [-0.05, 0) is 31.4 Å². The second-order valence-corrected chi connectivity index (χ2v) is 5.65. The summed E-state index contributed by atoms with van der Waals surface area (Å²) in [4.78, 5) is 13.3. The number of rotatable bonds is 5. The van der Waals surface area contributed by atoms with Gasteiger partial charge in [-0.3, -0.25) is 0 Å². The molecule has 2 rings (SSSR count). The fraction of sp³-hybridized carbons (Fsp3) is 0.533. The molecule has 2 amide bonds. The van der Waals surface area contributed by atoms with Crippen molar-refractivity contribution in [2.45, 2.75) is 31.3 Å². The number of amides is 2. The minimum atomic E-state index is -0.563. The van der Waals surface area contributed by atoms with E-state index in [9.17, 15) is 14.3 Å². The molecule has 1 atom stereocenters. The largest absolute Gasteiger partial charge is 0.392 e. The van der Waals surface area contributed by atoms with Crippen LogP contribution in [0.5, 0.6) is 0 Å². The van der Waals surface area contributed by atoms with Gasteiger partial charge in [-0.25, -0.2) is 9.18 Å². The summed E-state index contributed by atoms with van der Waals surface area (Å²) in [5, 5.41) is 12.1. The lowest BCUT2D eigenvalue weighted by atomic mass is 9.95. The van der Waals surface area contributed by atoms with Crippen LogP contribution >= 0.6 is 0 Å². The van der Waals surface area contributed by atoms with E-state index in [4.69, 9.17) is 0 Å². The number of benzene rings is 1. The van der Waals surface area contributed by atoms with Crippen LogP contribution in [0.25, 0.3) is 0 Å². The number of hydrogen-bond acceptors (Lipinski definition) is 2. The predicted octanol–water partition coefficient (Wildman–Crippen LogP) is 1.88. The van der Waals surface area contributed by atoms with Crippen molar-refractivity contribution < 1.29 is 14.3 Å². The summed E-state index contributed by atoms with van der Waals surface area (Å²) >= 11 is 0. The number of hydrogen-bond donors (Lipinski definition) is 2. The zero-order valence-corrected chi connectivity index (χ0v) is 11.9. The monoisotopic (exact) mass is 280 g/mol. The molecule has 1 saturated carbocycles. The lowest BCUT2D eigenvalue weighted by Crippen LogP contribution is -2.43. The normalized spacial score (nSPS) is 17.4. The van der Waals surface area contributed by atoms with Crippen molar-refractivity contribution in [3.8, 4) is 0 Å². The van der Waals surface area contributed by atoms with Crippen LogP contribution in [0.4, 0.5) is 9.18 Å². The zero-order chi connectivity index (χ0) is 14.8. The summed E-state index contributed by atoms with van der Waals surface area (Å²) in [6.45, 7) is 2.33. The van der Waals surface area contributed by atoms with Gasteiger partial charge in [0.05, 0.1) is 6.10 Å². The number of aliphatic hydroxyl groups is 1. The summed E-state index contributed by atoms with van der Waals surface area (Å²) in [6, 6.07) is 6.49. The fourth-order valence-corrected chi connectivity index (χ4v) is 2.44. The molecule has 110 valence electrons. The lowest BCUT2D eigenvalue weighted by Gasteiger charge is -2.22. The van der Waals surface area contributed by atoms with Crippen LogP contribution in [0.2, 0.25) is 0 Å². The van der Waals surface area contributed by atoms with Crippen LogP contribution in [-0.4, -0.2) is 42.3 Å². The van der Waals surface area contributed by atoms with E-state index in [-0.39, 0.29) is 23.8 Å². The van der Waals surface area contributed by atoms with Gasteiger partial charge >= 0.3 is 6.03 Å². The molecule has 0 aliphatic heterocycles. The highest BCUT2D eigenvalue weighted by molar-refractivity contribution is 5.74. The molecule has 1 fully saturated rings. The van der Waals surface area contributed by atoms with Gasteiger partial charge < -0.3 is 15.3 Å². The number of urea groups is 1. The molecule has 0 bridgehead atoms. The number of aliphatic hydroxyl groups excluding tert-OH is 1. The van der Waals surface area contributed by atoms with E-state index >= 15 is 0 Å². The van der Waals surface area contributed by atoms with Crippen molar-refractivity contribution in [1.29, 1.82) is 0 Å². The first-order chi connectivity index (χ1) is 9.44. The molecule has 4 nitrogen and oxygen atoms in total. The molecule has 2 N–H and O–H groups in total. The quantitative estimate of drug-likeness (QED) is 0.865. The summed E-state index contributed by atoms with van der Waals surface area (Å²) in [5.74, 6) is -0.211. The number of nitrogens with one attached hydrogen (secondary N) is 1. The Morgan fingerprint density at radius 3 is 2.70 bits per heavy atom. The Kier molecular flexibility index (Phi) is 4.28. The van der Waals surface area contributed by atoms with Gasteiger partial charge in [0.1, 0.15) is 5.82 Å². The standard InChI is InChI=1S/C15H21FN2O2/c1-11(19)9-18(2)14(20)17-10-15(7-8-15)12-5-3-4-6-13(12)16/h3-6,11,19H,7-10H2,1-2H3,(H,17,20). The van der Waals surface area contributed by atoms with Gasteiger partial charge in [0.15, 0.2) is 0 Å². The van der Waals surface area contributed by atoms with Crippen LogP contribution in [0.1, 0.15) is 25.3 Å². The molecule has 0 spiro atoms. The molecule has 0 saturated heterocycles. The highest BCUT2D eigenvalue weighted by atomic mass is 19.1. The van der Waals surface area contributed by atoms with Crippen molar-refractivity contribution >= 4 is 6.03 Å². The predicted molar refractivity (Wildman–Crippen MR) is 75.0 cm³/mol. The SMILES string of the molecule is CC(O)CN(C)C(=O)NCC1(c2ccccc2F)CC1. The summed E-state index contributed by atoms with van der Waals surface area (Å²) < 4.78 is 13.8. The van der Waals surface area contributed by atoms with E-state index in [0.717, 1.165) is 12.8 Å². The minimum absolute atomic E-state index is 0.211. The molecule has 5 heteroatoms. The first-order valence-electron chi connectivity index (χ1n) is 6.87. The van der Waals surface area contributed by atoms with Gasteiger partial charge in [0.25, 0.3) is 0 Å². The van der Waals surface area contributed by atoms with E-state index in [2.05, 4.69) is 5.32 Å². The Labute approximate surface area is 118 Å². The van der Waals surface area contributed by atoms with Crippen molar-refractivity contribution in [1.82, 2.24) is 10.2 Å². The maximum Gasteiger partial charge on any atom is 0.317 e. The van der Waals surface area contributed by atoms with Crippen molar-refractivity contribution in [3.05, 3.63) is 35.6 Å². The second-order valence-electron chi connectivity index (χ2n) is 5.65. The molecule has 20 heavy (non-hydrogen) atoms. The Morgan fingerprint density at radius 2 is 2.15 bits per heavy atom. The van der Waals surface area contributed by atoms with Gasteiger partial charge in [-0.2, -0.15) is 0 Å². The Hall–Kier alpha value is -1.62. The minimum Gasteiger partial charge on any atom is -0.392 e. The Bertz CT molecular complexity index is 487. The molecule has 1 aromatic rings. The zero-order valence-electron chi connectivity index (χ0n) is 11.9. The molecule has 1 aliphatic rings. The molecule has 0 heterocycles. The Balaban J connectivity index is 1.94. The molecule has 0 radical (unpaired) electrons. The smallest absolute Gasteiger partial charge is 0.317 e. The van der Waals surface area contributed by atoms with Gasteiger partial charge in [-0.1, -0.05) is 18.2 Å². The second kappa shape index (κ2) is 5.79. The fourth-order valence-electron chi connectivity index (χ4n) is 2.44. The van der Waals surface area contributed by atoms with E-state index in [1.54, 1.807) is 26.1 Å². The third-order valence-electron chi connectivity index (χ3n) is 3.76. The molecular weight excluding hydrogens is 259 g/mol. The first-order valence-corrected chi connectivity index (χ1v) is 6.87. The van der Waals surface area contributed by atoms with E-state index in [1.165, 1.54) is 11.0 Å². The third kappa shape index (κ3) is 3.28. The molecule has 0 aromatic heterocycles. The van der Waals surface area contributed by atoms with Crippen molar-refractivity contribution in [2.75, 3.05) is 20.1 Å². The van der Waals surface area contributed by atoms with Crippen molar-refractivity contribution in [3.63, 3.8) is 0 Å². The summed E-state index contributed by atoms with van der Waals surface area (Å²) in [6.07, 6.45) is 1.20. The number of carbonyl (C=O) groups excluding carboxylic acids is 1. The van der Waals surface area contributed by atoms with Crippen LogP contribution in [0, 0.1) is 5.82 Å². The van der Waals surface area contributed by atoms with Gasteiger partial charge in [0.2, 0.25) is 0 Å². The van der Waals surface area contributed by atoms with E-state index in [0.29, 0.717) is 12.1 Å². The van der Waals surface area contributed by atoms with E-state index < -0.39 is 6.10 Å². The van der Waals surface area contributed by atoms with Crippen molar-refractivity contribution in [2.24, 2.45) is 0 Å². The Morgan fingerprint density at radius 1 is 1.50 bits per heavy atom. The molecule has 1 aliphatic carbocycles. The topological polar surface area (TPSA) is 52.6 Å². The molecular formula is C15H21FN2O2. The summed E-state index contributed by atoms with van der Waals surface area (Å²) in [7, 11) is 1.63. The number of nitrogens with zero attached hydrogens (tertiary/aromatic N) is 1. The average molecular weight is 280 g/mol. The maximum absolute atomic E-state index is 13.8. The van der Waals surface area contributed by atoms with Crippen LogP contribution in [0.15, 0.2) is 24.3 Å².